The quantitative estimate of drug-likeness (QED) is 0.781. The lowest BCUT2D eigenvalue weighted by molar-refractivity contribution is 0.229. The third kappa shape index (κ3) is 3.97. The topological polar surface area (TPSA) is 111 Å². The second-order valence-corrected chi connectivity index (χ2v) is 8.03. The van der Waals surface area contributed by atoms with Gasteiger partial charge in [-0.25, -0.2) is 13.1 Å². The molecule has 0 unspecified atom stereocenters. The Bertz CT molecular complexity index is 852. The van der Waals surface area contributed by atoms with Crippen molar-refractivity contribution in [2.24, 2.45) is 5.73 Å². The van der Waals surface area contributed by atoms with Crippen LogP contribution in [0.15, 0.2) is 33.7 Å². The summed E-state index contributed by atoms with van der Waals surface area (Å²) in [5.74, 6) is 0.926. The van der Waals surface area contributed by atoms with Crippen molar-refractivity contribution in [2.45, 2.75) is 43.0 Å². The monoisotopic (exact) mass is 362 g/mol. The molecule has 7 nitrogen and oxygen atoms in total. The van der Waals surface area contributed by atoms with Crippen LogP contribution in [-0.2, 0) is 15.6 Å². The van der Waals surface area contributed by atoms with Gasteiger partial charge in [0.25, 0.3) is 5.89 Å². The summed E-state index contributed by atoms with van der Waals surface area (Å²) in [5.41, 5.74) is 6.55. The van der Waals surface area contributed by atoms with Gasteiger partial charge in [0.15, 0.2) is 5.82 Å². The summed E-state index contributed by atoms with van der Waals surface area (Å²) >= 11 is 0. The van der Waals surface area contributed by atoms with E-state index in [4.69, 9.17) is 10.3 Å². The van der Waals surface area contributed by atoms with E-state index in [0.29, 0.717) is 18.3 Å². The van der Waals surface area contributed by atoms with Crippen LogP contribution >= 0.6 is 0 Å². The summed E-state index contributed by atoms with van der Waals surface area (Å²) in [6.07, 6.45) is 7.05. The molecule has 0 amide bonds. The molecule has 1 aliphatic rings. The Kier molecular flexibility index (Phi) is 5.03. The van der Waals surface area contributed by atoms with Gasteiger partial charge >= 0.3 is 0 Å². The number of nitrogens with one attached hydrogen (secondary N) is 1. The molecular weight excluding hydrogens is 340 g/mol. The Balaban J connectivity index is 1.68. The maximum Gasteiger partial charge on any atom is 0.250 e. The summed E-state index contributed by atoms with van der Waals surface area (Å²) in [4.78, 5) is 4.56. The van der Waals surface area contributed by atoms with E-state index in [1.807, 2.05) is 6.92 Å². The van der Waals surface area contributed by atoms with Crippen molar-refractivity contribution in [3.05, 3.63) is 41.5 Å². The minimum atomic E-state index is -3.44. The van der Waals surface area contributed by atoms with Gasteiger partial charge in [-0.2, -0.15) is 4.98 Å². The average molecular weight is 362 g/mol. The van der Waals surface area contributed by atoms with Crippen LogP contribution in [0.25, 0.3) is 12.2 Å². The summed E-state index contributed by atoms with van der Waals surface area (Å²) in [5, 5.41) is 3.95. The highest BCUT2D eigenvalue weighted by Crippen LogP contribution is 2.36. The van der Waals surface area contributed by atoms with Crippen LogP contribution in [0.5, 0.6) is 0 Å². The lowest BCUT2D eigenvalue weighted by Crippen LogP contribution is -2.44. The molecule has 25 heavy (non-hydrogen) atoms. The molecule has 1 saturated carbocycles. The zero-order valence-electron chi connectivity index (χ0n) is 14.1. The average Bonchev–Trinajstić information content (AvgIpc) is 3.06. The van der Waals surface area contributed by atoms with E-state index in [2.05, 4.69) is 14.9 Å². The van der Waals surface area contributed by atoms with Crippen molar-refractivity contribution >= 4 is 22.2 Å². The first-order valence-corrected chi connectivity index (χ1v) is 9.82. The number of hydrogen-bond acceptors (Lipinski definition) is 6. The lowest BCUT2D eigenvalue weighted by Gasteiger charge is -2.34. The zero-order valence-corrected chi connectivity index (χ0v) is 14.9. The van der Waals surface area contributed by atoms with E-state index in [1.54, 1.807) is 36.4 Å². The molecule has 3 rings (SSSR count). The van der Waals surface area contributed by atoms with E-state index >= 15 is 0 Å². The standard InChI is InChI=1S/C17H22N4O3S/c1-2-12-19-25(22,23)14-7-4-13(5-8-14)6-9-15-20-16(21-24-15)17(18)10-3-11-17/h4-9,19H,2-3,10-12,18H2,1H3/b9-6+. The molecule has 0 spiro atoms. The van der Waals surface area contributed by atoms with Gasteiger partial charge in [-0.05, 0) is 49.5 Å². The molecule has 1 aliphatic carbocycles. The van der Waals surface area contributed by atoms with Gasteiger partial charge in [0.2, 0.25) is 10.0 Å². The zero-order chi connectivity index (χ0) is 17.9. The van der Waals surface area contributed by atoms with Gasteiger partial charge in [0.1, 0.15) is 0 Å². The molecule has 0 radical (unpaired) electrons. The fourth-order valence-electron chi connectivity index (χ4n) is 2.53. The van der Waals surface area contributed by atoms with Crippen LogP contribution in [0.1, 0.15) is 49.9 Å². The Morgan fingerprint density at radius 1 is 1.28 bits per heavy atom. The molecule has 8 heteroatoms. The van der Waals surface area contributed by atoms with E-state index in [0.717, 1.165) is 31.2 Å². The van der Waals surface area contributed by atoms with Crippen LogP contribution in [-0.4, -0.2) is 25.1 Å². The smallest absolute Gasteiger partial charge is 0.250 e. The van der Waals surface area contributed by atoms with Crippen LogP contribution in [0.4, 0.5) is 0 Å². The Labute approximate surface area is 147 Å². The van der Waals surface area contributed by atoms with Crippen LogP contribution in [0.2, 0.25) is 0 Å². The maximum atomic E-state index is 12.0. The highest BCUT2D eigenvalue weighted by atomic mass is 32.2. The third-order valence-electron chi connectivity index (χ3n) is 4.28. The Morgan fingerprint density at radius 2 is 2.00 bits per heavy atom. The van der Waals surface area contributed by atoms with Crippen LogP contribution in [0.3, 0.4) is 0 Å². The maximum absolute atomic E-state index is 12.0. The van der Waals surface area contributed by atoms with Crippen molar-refractivity contribution in [3.8, 4) is 0 Å². The number of aromatic nitrogens is 2. The summed E-state index contributed by atoms with van der Waals surface area (Å²) in [6.45, 7) is 2.34. The van der Waals surface area contributed by atoms with Crippen molar-refractivity contribution in [3.63, 3.8) is 0 Å². The second-order valence-electron chi connectivity index (χ2n) is 6.27. The molecule has 1 heterocycles. The van der Waals surface area contributed by atoms with Crippen molar-refractivity contribution < 1.29 is 12.9 Å². The molecule has 0 aliphatic heterocycles. The van der Waals surface area contributed by atoms with Crippen molar-refractivity contribution in [2.75, 3.05) is 6.54 Å². The minimum absolute atomic E-state index is 0.244. The van der Waals surface area contributed by atoms with Crippen molar-refractivity contribution in [1.82, 2.24) is 14.9 Å². The first-order valence-electron chi connectivity index (χ1n) is 8.34. The third-order valence-corrected chi connectivity index (χ3v) is 5.76. The lowest BCUT2D eigenvalue weighted by atomic mass is 9.77. The summed E-state index contributed by atoms with van der Waals surface area (Å²) in [7, 11) is -3.44. The fourth-order valence-corrected chi connectivity index (χ4v) is 3.67. The molecule has 1 fully saturated rings. The first-order chi connectivity index (χ1) is 11.9. The normalized spacial score (nSPS) is 16.9. The van der Waals surface area contributed by atoms with Gasteiger partial charge in [-0.3, -0.25) is 0 Å². The number of nitrogens with two attached hydrogens (primary N) is 1. The second kappa shape index (κ2) is 7.07. The number of rotatable bonds is 7. The molecule has 0 atom stereocenters. The van der Waals surface area contributed by atoms with Crippen molar-refractivity contribution in [1.29, 1.82) is 0 Å². The molecule has 0 saturated heterocycles. The molecule has 1 aromatic heterocycles. The SMILES string of the molecule is CCCNS(=O)(=O)c1ccc(/C=C/c2nc(C3(N)CCC3)no2)cc1. The Hall–Kier alpha value is -2.03. The van der Waals surface area contributed by atoms with E-state index in [9.17, 15) is 8.42 Å². The fraction of sp³-hybridized carbons (Fsp3) is 0.412. The number of sulfonamides is 1. The van der Waals surface area contributed by atoms with Gasteiger partial charge < -0.3 is 10.3 Å². The van der Waals surface area contributed by atoms with Crippen LogP contribution in [0, 0.1) is 0 Å². The molecule has 3 N–H and O–H groups in total. The van der Waals surface area contributed by atoms with Crippen LogP contribution < -0.4 is 10.5 Å². The highest BCUT2D eigenvalue weighted by Gasteiger charge is 2.38. The summed E-state index contributed by atoms with van der Waals surface area (Å²) in [6, 6.07) is 6.59. The summed E-state index contributed by atoms with van der Waals surface area (Å²) < 4.78 is 31.8. The highest BCUT2D eigenvalue weighted by molar-refractivity contribution is 7.89. The van der Waals surface area contributed by atoms with Gasteiger partial charge in [-0.15, -0.1) is 0 Å². The van der Waals surface area contributed by atoms with Gasteiger partial charge in [0, 0.05) is 12.6 Å². The molecular formula is C17H22N4O3S. The Morgan fingerprint density at radius 3 is 2.60 bits per heavy atom. The number of nitrogens with zero attached hydrogens (tertiary/aromatic N) is 2. The van der Waals surface area contributed by atoms with Gasteiger partial charge in [-0.1, -0.05) is 24.2 Å². The molecule has 0 bridgehead atoms. The van der Waals surface area contributed by atoms with E-state index in [-0.39, 0.29) is 4.90 Å². The molecule has 134 valence electrons. The predicted octanol–water partition coefficient (Wildman–Crippen LogP) is 2.27. The molecule has 1 aromatic carbocycles. The van der Waals surface area contributed by atoms with Gasteiger partial charge in [0.05, 0.1) is 10.4 Å². The largest absolute Gasteiger partial charge is 0.335 e. The molecule has 2 aromatic rings. The minimum Gasteiger partial charge on any atom is -0.335 e. The van der Waals surface area contributed by atoms with E-state index < -0.39 is 15.6 Å². The predicted molar refractivity (Wildman–Crippen MR) is 94.9 cm³/mol. The number of benzene rings is 1. The van der Waals surface area contributed by atoms with E-state index in [1.165, 1.54) is 0 Å². The first kappa shape index (κ1) is 17.8. The number of hydrogen-bond donors (Lipinski definition) is 2.